The zero-order valence-corrected chi connectivity index (χ0v) is 31.5. The van der Waals surface area contributed by atoms with E-state index in [0.29, 0.717) is 0 Å². The summed E-state index contributed by atoms with van der Waals surface area (Å²) in [6, 6.07) is 57.2. The van der Waals surface area contributed by atoms with Gasteiger partial charge in [0.25, 0.3) is 0 Å². The van der Waals surface area contributed by atoms with Gasteiger partial charge in [0, 0.05) is 35.2 Å². The van der Waals surface area contributed by atoms with Crippen molar-refractivity contribution in [3.8, 4) is 33.4 Å². The summed E-state index contributed by atoms with van der Waals surface area (Å²) in [5.74, 6) is 0.0989. The van der Waals surface area contributed by atoms with Gasteiger partial charge in [-0.05, 0) is 122 Å². The Hall–Kier alpha value is -6.38. The minimum absolute atomic E-state index is 0.0989. The molecule has 0 saturated heterocycles. The van der Waals surface area contributed by atoms with Crippen LogP contribution in [-0.2, 0) is 12.8 Å². The zero-order chi connectivity index (χ0) is 37.1. The molecule has 1 atom stereocenters. The lowest BCUT2D eigenvalue weighted by Gasteiger charge is -2.26. The summed E-state index contributed by atoms with van der Waals surface area (Å²) in [5.41, 5.74) is 16.2. The monoisotopic (exact) mass is 708 g/mol. The Labute approximate surface area is 324 Å². The van der Waals surface area contributed by atoms with Gasteiger partial charge in [-0.25, -0.2) is 0 Å². The molecule has 1 aliphatic carbocycles. The third kappa shape index (κ3) is 6.81. The average molecular weight is 709 g/mol. The van der Waals surface area contributed by atoms with Crippen molar-refractivity contribution >= 4 is 33.0 Å². The molecule has 1 unspecified atom stereocenters. The van der Waals surface area contributed by atoms with E-state index in [1.807, 2.05) is 18.5 Å². The fourth-order valence-corrected chi connectivity index (χ4v) is 8.66. The first-order valence-electron chi connectivity index (χ1n) is 19.6. The fraction of sp³-hybridized carbons (Fsp3) is 0.132. The molecule has 0 bridgehead atoms. The Kier molecular flexibility index (Phi) is 9.48. The SMILES string of the molecule is CC(=N/C(=C\C(C)c1ccccc1-c1cccnc1)c1ccc2ccccc2c1)c1cccc(-c2c3c(c(-c4ccccc4)c4ccccc24)CCCC3)c1. The van der Waals surface area contributed by atoms with Gasteiger partial charge in [0.1, 0.15) is 0 Å². The molecule has 0 aliphatic heterocycles. The largest absolute Gasteiger partial charge is 0.264 e. The highest BCUT2D eigenvalue weighted by Gasteiger charge is 2.23. The Bertz CT molecular complexity index is 2720. The molecule has 1 aromatic heterocycles. The molecule has 1 heterocycles. The maximum atomic E-state index is 5.50. The second-order valence-electron chi connectivity index (χ2n) is 14.8. The number of pyridine rings is 1. The van der Waals surface area contributed by atoms with Crippen LogP contribution in [0.3, 0.4) is 0 Å². The number of rotatable bonds is 8. The van der Waals surface area contributed by atoms with E-state index < -0.39 is 0 Å². The Morgan fingerprint density at radius 2 is 1.24 bits per heavy atom. The summed E-state index contributed by atoms with van der Waals surface area (Å²) in [6.45, 7) is 4.43. The second kappa shape index (κ2) is 15.2. The van der Waals surface area contributed by atoms with E-state index in [1.165, 1.54) is 78.9 Å². The van der Waals surface area contributed by atoms with Crippen molar-refractivity contribution in [3.05, 3.63) is 204 Å². The van der Waals surface area contributed by atoms with Gasteiger partial charge in [0.2, 0.25) is 0 Å². The van der Waals surface area contributed by atoms with Crippen LogP contribution in [0.1, 0.15) is 60.4 Å². The van der Waals surface area contributed by atoms with Crippen LogP contribution in [0.15, 0.2) is 181 Å². The average Bonchev–Trinajstić information content (AvgIpc) is 3.25. The first-order valence-corrected chi connectivity index (χ1v) is 19.6. The smallest absolute Gasteiger partial charge is 0.0671 e. The van der Waals surface area contributed by atoms with E-state index in [4.69, 9.17) is 4.99 Å². The van der Waals surface area contributed by atoms with Crippen LogP contribution >= 0.6 is 0 Å². The molecule has 266 valence electrons. The second-order valence-corrected chi connectivity index (χ2v) is 14.8. The number of benzene rings is 7. The van der Waals surface area contributed by atoms with Gasteiger partial charge in [0.15, 0.2) is 0 Å². The predicted molar refractivity (Wildman–Crippen MR) is 234 cm³/mol. The molecule has 7 aromatic carbocycles. The number of nitrogens with zero attached hydrogens (tertiary/aromatic N) is 2. The number of hydrogen-bond donors (Lipinski definition) is 0. The molecule has 1 aliphatic rings. The van der Waals surface area contributed by atoms with E-state index in [1.54, 1.807) is 0 Å². The van der Waals surface area contributed by atoms with E-state index in [-0.39, 0.29) is 5.92 Å². The highest BCUT2D eigenvalue weighted by atomic mass is 14.8. The van der Waals surface area contributed by atoms with Crippen LogP contribution in [0.25, 0.3) is 60.6 Å². The van der Waals surface area contributed by atoms with Crippen LogP contribution in [0.5, 0.6) is 0 Å². The third-order valence-corrected chi connectivity index (χ3v) is 11.3. The number of aromatic nitrogens is 1. The minimum Gasteiger partial charge on any atom is -0.264 e. The van der Waals surface area contributed by atoms with Crippen LogP contribution < -0.4 is 0 Å². The molecule has 9 rings (SSSR count). The van der Waals surface area contributed by atoms with Gasteiger partial charge in [-0.3, -0.25) is 9.98 Å². The molecule has 0 saturated carbocycles. The summed E-state index contributed by atoms with van der Waals surface area (Å²) in [5, 5.41) is 5.09. The lowest BCUT2D eigenvalue weighted by Crippen LogP contribution is -2.08. The molecule has 0 fully saturated rings. The summed E-state index contributed by atoms with van der Waals surface area (Å²) < 4.78 is 0. The molecule has 8 aromatic rings. The lowest BCUT2D eigenvalue weighted by atomic mass is 9.78. The third-order valence-electron chi connectivity index (χ3n) is 11.3. The number of fused-ring (bicyclic) bond motifs is 3. The van der Waals surface area contributed by atoms with Crippen LogP contribution in [-0.4, -0.2) is 10.7 Å². The molecular formula is C53H44N2. The van der Waals surface area contributed by atoms with Gasteiger partial charge in [0.05, 0.1) is 5.70 Å². The number of aliphatic imine (C=N–C) groups is 1. The first-order chi connectivity index (χ1) is 27.1. The maximum absolute atomic E-state index is 5.50. The highest BCUT2D eigenvalue weighted by Crippen LogP contribution is 2.45. The molecule has 0 amide bonds. The van der Waals surface area contributed by atoms with Gasteiger partial charge in [-0.1, -0.05) is 153 Å². The molecular weight excluding hydrogens is 665 g/mol. The van der Waals surface area contributed by atoms with Gasteiger partial charge >= 0.3 is 0 Å². The van der Waals surface area contributed by atoms with Crippen LogP contribution in [0, 0.1) is 0 Å². The van der Waals surface area contributed by atoms with Crippen molar-refractivity contribution in [2.75, 3.05) is 0 Å². The molecule has 2 heteroatoms. The highest BCUT2D eigenvalue weighted by molar-refractivity contribution is 6.09. The number of allylic oxidation sites excluding steroid dienone is 1. The Balaban J connectivity index is 1.17. The van der Waals surface area contributed by atoms with Gasteiger partial charge in [-0.15, -0.1) is 0 Å². The summed E-state index contributed by atoms with van der Waals surface area (Å²) in [6.07, 6.45) is 10.8. The topological polar surface area (TPSA) is 25.2 Å². The zero-order valence-electron chi connectivity index (χ0n) is 31.5. The van der Waals surface area contributed by atoms with Crippen molar-refractivity contribution in [1.29, 1.82) is 0 Å². The molecule has 2 nitrogen and oxygen atoms in total. The van der Waals surface area contributed by atoms with Crippen molar-refractivity contribution in [2.45, 2.75) is 45.4 Å². The summed E-state index contributed by atoms with van der Waals surface area (Å²) in [4.78, 5) is 9.92. The van der Waals surface area contributed by atoms with Crippen molar-refractivity contribution in [1.82, 2.24) is 4.98 Å². The van der Waals surface area contributed by atoms with E-state index in [2.05, 4.69) is 177 Å². The standard InChI is InChI=1S/C53H44N2/c1-36(45-23-8-9-24-46(45)44-22-15-31-54-35-44)32-51(42-30-29-38-16-6-7-19-41(38)34-42)55-37(2)40-20-14-21-43(33-40)53-49-27-12-10-25-47(49)52(39-17-4-3-5-18-39)48-26-11-13-28-50(48)53/h3-10,12,14-25,27,29-36H,11,13,26,28H2,1-2H3/b51-32-,55-37?. The number of hydrogen-bond acceptors (Lipinski definition) is 2. The summed E-state index contributed by atoms with van der Waals surface area (Å²) in [7, 11) is 0. The normalized spacial score (nSPS) is 13.9. The Morgan fingerprint density at radius 1 is 0.582 bits per heavy atom. The van der Waals surface area contributed by atoms with E-state index in [0.717, 1.165) is 40.9 Å². The molecule has 55 heavy (non-hydrogen) atoms. The Morgan fingerprint density at radius 3 is 2.00 bits per heavy atom. The van der Waals surface area contributed by atoms with Gasteiger partial charge < -0.3 is 0 Å². The molecule has 0 radical (unpaired) electrons. The van der Waals surface area contributed by atoms with E-state index in [9.17, 15) is 0 Å². The minimum atomic E-state index is 0.0989. The van der Waals surface area contributed by atoms with Crippen LogP contribution in [0.4, 0.5) is 0 Å². The first kappa shape index (κ1) is 34.4. The predicted octanol–water partition coefficient (Wildman–Crippen LogP) is 13.9. The fourth-order valence-electron chi connectivity index (χ4n) is 8.66. The molecule has 0 spiro atoms. The van der Waals surface area contributed by atoms with Gasteiger partial charge in [-0.2, -0.15) is 0 Å². The van der Waals surface area contributed by atoms with E-state index >= 15 is 0 Å². The van der Waals surface area contributed by atoms with Crippen molar-refractivity contribution in [3.63, 3.8) is 0 Å². The summed E-state index contributed by atoms with van der Waals surface area (Å²) >= 11 is 0. The quantitative estimate of drug-likeness (QED) is 0.144. The lowest BCUT2D eigenvalue weighted by molar-refractivity contribution is 0.689. The maximum Gasteiger partial charge on any atom is 0.0671 e. The molecule has 0 N–H and O–H groups in total. The van der Waals surface area contributed by atoms with Crippen molar-refractivity contribution in [2.24, 2.45) is 4.99 Å². The van der Waals surface area contributed by atoms with Crippen LogP contribution in [0.2, 0.25) is 0 Å². The van der Waals surface area contributed by atoms with Crippen molar-refractivity contribution < 1.29 is 0 Å².